The van der Waals surface area contributed by atoms with Gasteiger partial charge in [-0.3, -0.25) is 0 Å². The molecule has 2 N–H and O–H groups in total. The molecule has 0 saturated heterocycles. The number of unbranched alkanes of at least 4 members (excludes halogenated alkanes) is 22. The van der Waals surface area contributed by atoms with Crippen molar-refractivity contribution in [3.63, 3.8) is 0 Å². The Bertz CT molecular complexity index is 433. The largest absolute Gasteiger partial charge is 0.394 e. The second kappa shape index (κ2) is 38.8. The third-order valence-corrected chi connectivity index (χ3v) is 7.78. The Morgan fingerprint density at radius 3 is 1.05 bits per heavy atom. The van der Waals surface area contributed by atoms with E-state index in [2.05, 4.69) is 13.8 Å². The Labute approximate surface area is 264 Å². The molecule has 0 aliphatic heterocycles. The van der Waals surface area contributed by atoms with Gasteiger partial charge >= 0.3 is 0 Å². The summed E-state index contributed by atoms with van der Waals surface area (Å²) in [7, 11) is 0. The summed E-state index contributed by atoms with van der Waals surface area (Å²) in [5.74, 6) is 0. The molecule has 0 amide bonds. The van der Waals surface area contributed by atoms with Crippen molar-refractivity contribution in [1.82, 2.24) is 0 Å². The second-order valence-corrected chi connectivity index (χ2v) is 12.7. The Balaban J connectivity index is 0. The first kappa shape index (κ1) is 43.9. The van der Waals surface area contributed by atoms with Gasteiger partial charge in [0.2, 0.25) is 0 Å². The van der Waals surface area contributed by atoms with Gasteiger partial charge in [-0.1, -0.05) is 155 Å². The minimum atomic E-state index is -0.447. The number of hydrogen-bond acceptors (Lipinski definition) is 5. The number of ether oxygens (including phenoxy) is 3. The lowest BCUT2D eigenvalue weighted by Crippen LogP contribution is -2.24. The van der Waals surface area contributed by atoms with Gasteiger partial charge in [0.15, 0.2) is 0 Å². The predicted octanol–water partition coefficient (Wildman–Crippen LogP) is 10.6. The van der Waals surface area contributed by atoms with E-state index in [4.69, 9.17) is 24.4 Å². The number of aliphatic hydroxyl groups is 2. The van der Waals surface area contributed by atoms with Gasteiger partial charge in [-0.25, -0.2) is 0 Å². The Morgan fingerprint density at radius 2 is 0.738 bits per heavy atom. The molecule has 0 aromatic rings. The van der Waals surface area contributed by atoms with Crippen LogP contribution in [-0.2, 0) is 14.2 Å². The van der Waals surface area contributed by atoms with Crippen molar-refractivity contribution in [3.05, 3.63) is 0 Å². The fourth-order valence-corrected chi connectivity index (χ4v) is 4.90. The highest BCUT2D eigenvalue weighted by molar-refractivity contribution is 4.53. The molecule has 256 valence electrons. The van der Waals surface area contributed by atoms with Crippen LogP contribution >= 0.6 is 0 Å². The number of aliphatic hydroxyl groups excluding tert-OH is 2. The molecular weight excluding hydrogens is 524 g/mol. The molecule has 3 atom stereocenters. The smallest absolute Gasteiger partial charge is 0.0781 e. The molecule has 3 unspecified atom stereocenters. The van der Waals surface area contributed by atoms with Crippen LogP contribution in [0.15, 0.2) is 0 Å². The van der Waals surface area contributed by atoms with Crippen LogP contribution in [-0.4, -0.2) is 61.6 Å². The topological polar surface area (TPSA) is 68.2 Å². The molecule has 0 aromatic heterocycles. The summed E-state index contributed by atoms with van der Waals surface area (Å²) in [6.07, 6.45) is 33.4. The maximum atomic E-state index is 8.92. The van der Waals surface area contributed by atoms with Crippen molar-refractivity contribution in [2.45, 2.75) is 207 Å². The van der Waals surface area contributed by atoms with Crippen LogP contribution in [0.25, 0.3) is 0 Å². The van der Waals surface area contributed by atoms with Crippen LogP contribution in [0.2, 0.25) is 0 Å². The molecule has 0 radical (unpaired) electrons. The third kappa shape index (κ3) is 41.9. The van der Waals surface area contributed by atoms with Crippen molar-refractivity contribution < 1.29 is 24.4 Å². The molecule has 0 aromatic carbocycles. The summed E-state index contributed by atoms with van der Waals surface area (Å²) < 4.78 is 16.3. The Kier molecular flexibility index (Phi) is 40.6. The maximum absolute atomic E-state index is 8.92. The van der Waals surface area contributed by atoms with Crippen LogP contribution in [0, 0.1) is 0 Å². The first-order chi connectivity index (χ1) is 20.5. The summed E-state index contributed by atoms with van der Waals surface area (Å²) in [6.45, 7) is 12.7. The highest BCUT2D eigenvalue weighted by atomic mass is 16.5. The van der Waals surface area contributed by atoms with Crippen molar-refractivity contribution in [2.75, 3.05) is 33.0 Å². The van der Waals surface area contributed by atoms with Gasteiger partial charge in [0.25, 0.3) is 0 Å². The fraction of sp³-hybridized carbons (Fsp3) is 1.00. The van der Waals surface area contributed by atoms with Crippen LogP contribution in [0.3, 0.4) is 0 Å². The first-order valence-corrected chi connectivity index (χ1v) is 18.6. The van der Waals surface area contributed by atoms with Gasteiger partial charge in [-0.15, -0.1) is 0 Å². The predicted molar refractivity (Wildman–Crippen MR) is 183 cm³/mol. The molecule has 0 spiro atoms. The summed E-state index contributed by atoms with van der Waals surface area (Å²) >= 11 is 0. The molecule has 42 heavy (non-hydrogen) atoms. The average molecular weight is 603 g/mol. The van der Waals surface area contributed by atoms with E-state index in [1.54, 1.807) is 13.8 Å². The van der Waals surface area contributed by atoms with Gasteiger partial charge in [-0.05, 0) is 33.6 Å². The maximum Gasteiger partial charge on any atom is 0.0781 e. The number of rotatable bonds is 33. The fourth-order valence-electron chi connectivity index (χ4n) is 4.90. The van der Waals surface area contributed by atoms with Gasteiger partial charge in [0.1, 0.15) is 0 Å². The average Bonchev–Trinajstić information content (AvgIpc) is 2.99. The summed E-state index contributed by atoms with van der Waals surface area (Å²) in [4.78, 5) is 0. The molecule has 0 aliphatic rings. The minimum absolute atomic E-state index is 0.0170. The van der Waals surface area contributed by atoms with E-state index in [0.717, 1.165) is 13.2 Å². The van der Waals surface area contributed by atoms with E-state index in [1.165, 1.54) is 154 Å². The van der Waals surface area contributed by atoms with Crippen LogP contribution < -0.4 is 0 Å². The summed E-state index contributed by atoms with van der Waals surface area (Å²) in [5.41, 5.74) is 0. The first-order valence-electron chi connectivity index (χ1n) is 18.6. The van der Waals surface area contributed by atoms with E-state index in [-0.39, 0.29) is 18.8 Å². The summed E-state index contributed by atoms with van der Waals surface area (Å²) in [5, 5.41) is 17.6. The zero-order chi connectivity index (χ0) is 31.4. The van der Waals surface area contributed by atoms with Crippen molar-refractivity contribution in [2.24, 2.45) is 0 Å². The van der Waals surface area contributed by atoms with Crippen LogP contribution in [0.4, 0.5) is 0 Å². The van der Waals surface area contributed by atoms with Gasteiger partial charge in [0.05, 0.1) is 38.1 Å². The normalized spacial score (nSPS) is 13.5. The lowest BCUT2D eigenvalue weighted by molar-refractivity contribution is -0.0620. The molecule has 0 saturated carbocycles. The van der Waals surface area contributed by atoms with Crippen LogP contribution in [0.1, 0.15) is 189 Å². The molecule has 0 fully saturated rings. The van der Waals surface area contributed by atoms with E-state index in [0.29, 0.717) is 13.2 Å². The third-order valence-electron chi connectivity index (χ3n) is 7.78. The standard InChI is InChI=1S/C28H58O.C9H20O4/c1-3-5-7-9-11-13-15-17-19-21-23-25-27-29-28-26-24-22-20-18-16-14-12-10-8-6-4-2;1-7(11)5-12-9(3)6-13-8(2)4-10/h3-28H2,1-2H3;7-11H,4-6H2,1-3H3. The highest BCUT2D eigenvalue weighted by Crippen LogP contribution is 2.13. The SMILES string of the molecule is CC(O)COC(C)COC(C)CO.CCCCCCCCCCCCCCOCCCCCCCCCCCCCC. The molecule has 0 rings (SSSR count). The summed E-state index contributed by atoms with van der Waals surface area (Å²) in [6, 6.07) is 0. The van der Waals surface area contributed by atoms with E-state index in [1.807, 2.05) is 6.92 Å². The van der Waals surface area contributed by atoms with Crippen LogP contribution in [0.5, 0.6) is 0 Å². The lowest BCUT2D eigenvalue weighted by atomic mass is 10.1. The van der Waals surface area contributed by atoms with Gasteiger partial charge in [-0.2, -0.15) is 0 Å². The quantitative estimate of drug-likeness (QED) is 0.0731. The second-order valence-electron chi connectivity index (χ2n) is 12.7. The monoisotopic (exact) mass is 603 g/mol. The van der Waals surface area contributed by atoms with E-state index >= 15 is 0 Å². The zero-order valence-electron chi connectivity index (χ0n) is 29.4. The van der Waals surface area contributed by atoms with Crippen molar-refractivity contribution in [1.29, 1.82) is 0 Å². The lowest BCUT2D eigenvalue weighted by Gasteiger charge is -2.16. The molecule has 0 bridgehead atoms. The Morgan fingerprint density at radius 1 is 0.429 bits per heavy atom. The van der Waals surface area contributed by atoms with E-state index in [9.17, 15) is 0 Å². The Hall–Kier alpha value is -0.200. The molecular formula is C37H78O5. The van der Waals surface area contributed by atoms with Crippen molar-refractivity contribution >= 4 is 0 Å². The molecule has 5 heteroatoms. The molecule has 5 nitrogen and oxygen atoms in total. The van der Waals surface area contributed by atoms with Gasteiger partial charge < -0.3 is 24.4 Å². The van der Waals surface area contributed by atoms with Gasteiger partial charge in [0, 0.05) is 13.2 Å². The highest BCUT2D eigenvalue weighted by Gasteiger charge is 2.07. The van der Waals surface area contributed by atoms with Crippen molar-refractivity contribution in [3.8, 4) is 0 Å². The zero-order valence-corrected chi connectivity index (χ0v) is 29.4. The van der Waals surface area contributed by atoms with E-state index < -0.39 is 6.10 Å². The number of hydrogen-bond donors (Lipinski definition) is 2. The minimum Gasteiger partial charge on any atom is -0.394 e. The molecule has 0 heterocycles. The molecule has 0 aliphatic carbocycles.